The number of esters is 1. The zero-order valence-corrected chi connectivity index (χ0v) is 21.4. The van der Waals surface area contributed by atoms with Gasteiger partial charge in [0.05, 0.1) is 33.5 Å². The van der Waals surface area contributed by atoms with Gasteiger partial charge in [-0.1, -0.05) is 33.6 Å². The van der Waals surface area contributed by atoms with Crippen LogP contribution in [0, 0.1) is 5.41 Å². The first-order chi connectivity index (χ1) is 16.2. The van der Waals surface area contributed by atoms with Crippen LogP contribution in [0.25, 0.3) is 0 Å². The number of unbranched alkanes of at least 4 members (excludes halogenated alkanes) is 2. The molecule has 1 aliphatic carbocycles. The van der Waals surface area contributed by atoms with Crippen molar-refractivity contribution in [1.82, 2.24) is 5.32 Å². The molecule has 0 radical (unpaired) electrons. The van der Waals surface area contributed by atoms with Crippen LogP contribution in [-0.2, 0) is 14.3 Å². The Labute approximate surface area is 202 Å². The molecule has 0 saturated heterocycles. The summed E-state index contributed by atoms with van der Waals surface area (Å²) in [6, 6.07) is 3.62. The normalized spacial score (nSPS) is 19.4. The first-order valence-corrected chi connectivity index (χ1v) is 11.9. The minimum Gasteiger partial charge on any atom is -0.493 e. The fourth-order valence-corrected chi connectivity index (χ4v) is 4.90. The van der Waals surface area contributed by atoms with Crippen LogP contribution in [0.3, 0.4) is 0 Å². The van der Waals surface area contributed by atoms with Gasteiger partial charge in [0.25, 0.3) is 0 Å². The van der Waals surface area contributed by atoms with Crippen LogP contribution in [0.5, 0.6) is 17.2 Å². The van der Waals surface area contributed by atoms with E-state index in [4.69, 9.17) is 18.9 Å². The van der Waals surface area contributed by atoms with E-state index in [0.29, 0.717) is 53.5 Å². The molecule has 7 nitrogen and oxygen atoms in total. The number of benzene rings is 1. The maximum Gasteiger partial charge on any atom is 0.336 e. The van der Waals surface area contributed by atoms with Crippen LogP contribution in [-0.4, -0.2) is 39.7 Å². The molecule has 1 atom stereocenters. The predicted octanol–water partition coefficient (Wildman–Crippen LogP) is 5.05. The molecule has 1 aliphatic heterocycles. The number of carbonyl (C=O) groups excluding carboxylic acids is 2. The minimum atomic E-state index is -0.591. The molecule has 2 aliphatic rings. The number of nitrogens with one attached hydrogen (secondary N) is 1. The fraction of sp³-hybridized carbons (Fsp3) is 0.556. The molecule has 1 aromatic carbocycles. The summed E-state index contributed by atoms with van der Waals surface area (Å²) >= 11 is 0. The minimum absolute atomic E-state index is 0.0290. The second kappa shape index (κ2) is 10.5. The van der Waals surface area contributed by atoms with Crippen molar-refractivity contribution in [1.29, 1.82) is 0 Å². The molecule has 1 N–H and O–H groups in total. The number of hydrogen-bond acceptors (Lipinski definition) is 7. The lowest BCUT2D eigenvalue weighted by Crippen LogP contribution is -2.38. The van der Waals surface area contributed by atoms with Gasteiger partial charge in [-0.05, 0) is 42.9 Å². The van der Waals surface area contributed by atoms with E-state index in [2.05, 4.69) is 26.1 Å². The van der Waals surface area contributed by atoms with E-state index in [1.807, 2.05) is 19.1 Å². The van der Waals surface area contributed by atoms with E-state index in [0.717, 1.165) is 30.5 Å². The van der Waals surface area contributed by atoms with Crippen molar-refractivity contribution in [2.45, 2.75) is 65.7 Å². The summed E-state index contributed by atoms with van der Waals surface area (Å²) < 4.78 is 22.3. The molecule has 34 heavy (non-hydrogen) atoms. The Balaban J connectivity index is 2.16. The summed E-state index contributed by atoms with van der Waals surface area (Å²) in [5, 5.41) is 3.37. The second-order valence-corrected chi connectivity index (χ2v) is 9.73. The number of Topliss-reactive ketones (excluding diaryl/α,β-unsaturated/α-hetero) is 1. The van der Waals surface area contributed by atoms with E-state index in [1.54, 1.807) is 21.3 Å². The Morgan fingerprint density at radius 3 is 2.26 bits per heavy atom. The molecule has 0 spiro atoms. The summed E-state index contributed by atoms with van der Waals surface area (Å²) in [5.41, 5.74) is 3.17. The van der Waals surface area contributed by atoms with Crippen LogP contribution in [0.4, 0.5) is 0 Å². The van der Waals surface area contributed by atoms with E-state index in [1.165, 1.54) is 0 Å². The largest absolute Gasteiger partial charge is 0.493 e. The number of hydrogen-bond donors (Lipinski definition) is 1. The van der Waals surface area contributed by atoms with E-state index in [9.17, 15) is 9.59 Å². The molecule has 186 valence electrons. The van der Waals surface area contributed by atoms with Gasteiger partial charge in [-0.3, -0.25) is 4.79 Å². The Kier molecular flexibility index (Phi) is 7.95. The topological polar surface area (TPSA) is 83.1 Å². The highest BCUT2D eigenvalue weighted by Gasteiger charge is 2.43. The van der Waals surface area contributed by atoms with Gasteiger partial charge in [0.15, 0.2) is 17.3 Å². The lowest BCUT2D eigenvalue weighted by atomic mass is 9.68. The highest BCUT2D eigenvalue weighted by molar-refractivity contribution is 6.04. The van der Waals surface area contributed by atoms with E-state index >= 15 is 0 Å². The third kappa shape index (κ3) is 5.08. The summed E-state index contributed by atoms with van der Waals surface area (Å²) in [7, 11) is 4.64. The lowest BCUT2D eigenvalue weighted by molar-refractivity contribution is -0.139. The Hall–Kier alpha value is -2.96. The summed E-state index contributed by atoms with van der Waals surface area (Å²) in [6.07, 6.45) is 3.95. The van der Waals surface area contributed by atoms with Crippen molar-refractivity contribution in [3.63, 3.8) is 0 Å². The molecule has 0 amide bonds. The number of ether oxygens (including phenoxy) is 4. The quantitative estimate of drug-likeness (QED) is 0.399. The fourth-order valence-electron chi connectivity index (χ4n) is 4.90. The van der Waals surface area contributed by atoms with E-state index < -0.39 is 11.9 Å². The molecule has 1 heterocycles. The van der Waals surface area contributed by atoms with Gasteiger partial charge < -0.3 is 24.3 Å². The lowest BCUT2D eigenvalue weighted by Gasteiger charge is -2.39. The maximum absolute atomic E-state index is 13.5. The van der Waals surface area contributed by atoms with Crippen molar-refractivity contribution >= 4 is 11.8 Å². The molecule has 0 aromatic heterocycles. The van der Waals surface area contributed by atoms with Gasteiger partial charge >= 0.3 is 5.97 Å². The van der Waals surface area contributed by atoms with Gasteiger partial charge in [-0.25, -0.2) is 4.79 Å². The van der Waals surface area contributed by atoms with Crippen molar-refractivity contribution in [2.75, 3.05) is 27.9 Å². The van der Waals surface area contributed by atoms with E-state index in [-0.39, 0.29) is 11.2 Å². The molecular formula is C27H37NO6. The second-order valence-electron chi connectivity index (χ2n) is 9.73. The maximum atomic E-state index is 13.5. The predicted molar refractivity (Wildman–Crippen MR) is 130 cm³/mol. The number of methoxy groups -OCH3 is 3. The molecule has 0 saturated carbocycles. The molecular weight excluding hydrogens is 434 g/mol. The van der Waals surface area contributed by atoms with Crippen LogP contribution < -0.4 is 19.5 Å². The molecule has 0 bridgehead atoms. The zero-order valence-electron chi connectivity index (χ0n) is 21.4. The standard InChI is InChI=1S/C27H37NO6/c1-8-9-10-11-34-26(30)22-16(2)28-18-14-27(3,4)15-19(29)24(18)23(22)17-12-20(31-5)25(33-7)21(13-17)32-6/h12-13,23,28H,8-11,14-15H2,1-7H3. The van der Waals surface area contributed by atoms with Gasteiger partial charge in [0.1, 0.15) is 0 Å². The Bertz CT molecular complexity index is 995. The van der Waals surface area contributed by atoms with Crippen molar-refractivity contribution in [3.05, 3.63) is 40.2 Å². The first-order valence-electron chi connectivity index (χ1n) is 11.9. The SMILES string of the molecule is CCCCCOC(=O)C1=C(C)NC2=C(C(=O)CC(C)(C)C2)C1c1cc(OC)c(OC)c(OC)c1. The number of dihydropyridines is 1. The van der Waals surface area contributed by atoms with Gasteiger partial charge in [0.2, 0.25) is 5.75 Å². The smallest absolute Gasteiger partial charge is 0.336 e. The highest BCUT2D eigenvalue weighted by atomic mass is 16.5. The van der Waals surface area contributed by atoms with Gasteiger partial charge in [-0.2, -0.15) is 0 Å². The summed E-state index contributed by atoms with van der Waals surface area (Å²) in [4.78, 5) is 26.8. The monoisotopic (exact) mass is 471 g/mol. The first kappa shape index (κ1) is 25.7. The number of allylic oxidation sites excluding steroid dienone is 3. The molecule has 1 unspecified atom stereocenters. The van der Waals surface area contributed by atoms with Crippen LogP contribution in [0.15, 0.2) is 34.7 Å². The molecule has 1 aromatic rings. The number of rotatable bonds is 9. The van der Waals surface area contributed by atoms with Gasteiger partial charge in [0, 0.05) is 29.3 Å². The van der Waals surface area contributed by atoms with Crippen LogP contribution >= 0.6 is 0 Å². The van der Waals surface area contributed by atoms with Crippen LogP contribution in [0.2, 0.25) is 0 Å². The molecule has 0 fully saturated rings. The summed E-state index contributed by atoms with van der Waals surface area (Å²) in [5.74, 6) is 0.416. The molecule has 7 heteroatoms. The third-order valence-corrected chi connectivity index (χ3v) is 6.46. The van der Waals surface area contributed by atoms with Crippen molar-refractivity contribution < 1.29 is 28.5 Å². The van der Waals surface area contributed by atoms with Crippen molar-refractivity contribution in [3.8, 4) is 17.2 Å². The average molecular weight is 472 g/mol. The molecule has 3 rings (SSSR count). The highest BCUT2D eigenvalue weighted by Crippen LogP contribution is 2.49. The average Bonchev–Trinajstić information content (AvgIpc) is 2.78. The van der Waals surface area contributed by atoms with Crippen LogP contribution in [0.1, 0.15) is 71.3 Å². The number of carbonyl (C=O) groups is 2. The Morgan fingerprint density at radius 1 is 1.06 bits per heavy atom. The zero-order chi connectivity index (χ0) is 25.0. The number of ketones is 1. The Morgan fingerprint density at radius 2 is 1.71 bits per heavy atom. The summed E-state index contributed by atoms with van der Waals surface area (Å²) in [6.45, 7) is 8.48. The third-order valence-electron chi connectivity index (χ3n) is 6.46. The van der Waals surface area contributed by atoms with Crippen molar-refractivity contribution in [2.24, 2.45) is 5.41 Å². The van der Waals surface area contributed by atoms with Gasteiger partial charge in [-0.15, -0.1) is 0 Å².